The zero-order valence-electron chi connectivity index (χ0n) is 6.35. The summed E-state index contributed by atoms with van der Waals surface area (Å²) in [7, 11) is 0. The molecule has 1 nitrogen and oxygen atoms in total. The van der Waals surface area contributed by atoms with Gasteiger partial charge in [0.15, 0.2) is 0 Å². The molecule has 1 aromatic rings. The highest BCUT2D eigenvalue weighted by Gasteiger charge is 2.43. The van der Waals surface area contributed by atoms with Gasteiger partial charge in [-0.15, -0.1) is 0 Å². The third-order valence-electron chi connectivity index (χ3n) is 2.16. The van der Waals surface area contributed by atoms with Crippen molar-refractivity contribution >= 4 is 0 Å². The predicted octanol–water partition coefficient (Wildman–Crippen LogP) is 1.95. The molecule has 0 heterocycles. The van der Waals surface area contributed by atoms with E-state index in [1.54, 1.807) is 0 Å². The van der Waals surface area contributed by atoms with Crippen molar-refractivity contribution in [2.24, 2.45) is 0 Å². The fourth-order valence-corrected chi connectivity index (χ4v) is 1.25. The highest BCUT2D eigenvalue weighted by Crippen LogP contribution is 2.46. The van der Waals surface area contributed by atoms with Crippen LogP contribution >= 0.6 is 0 Å². The van der Waals surface area contributed by atoms with Crippen molar-refractivity contribution in [1.82, 2.24) is 0 Å². The van der Waals surface area contributed by atoms with Gasteiger partial charge in [0.2, 0.25) is 0 Å². The molecule has 1 saturated carbocycles. The molecule has 0 aromatic heterocycles. The lowest BCUT2D eigenvalue weighted by Gasteiger charge is -2.08. The van der Waals surface area contributed by atoms with E-state index >= 15 is 0 Å². The van der Waals surface area contributed by atoms with Crippen molar-refractivity contribution in [2.75, 3.05) is 0 Å². The minimum Gasteiger partial charge on any atom is -0.385 e. The lowest BCUT2D eigenvalue weighted by Crippen LogP contribution is -2.07. The van der Waals surface area contributed by atoms with Crippen LogP contribution in [0.3, 0.4) is 0 Å². The fraction of sp³-hybridized carbons (Fsp3) is 0.333. The highest BCUT2D eigenvalue weighted by atomic mass is 19.1. The molecule has 0 saturated heterocycles. The number of aliphatic hydroxyl groups is 1. The van der Waals surface area contributed by atoms with Gasteiger partial charge >= 0.3 is 0 Å². The van der Waals surface area contributed by atoms with E-state index in [4.69, 9.17) is 0 Å². The van der Waals surface area contributed by atoms with Gasteiger partial charge in [-0.05, 0) is 18.9 Å². The Hall–Kier alpha value is -0.960. The molecule has 1 aliphatic rings. The first-order valence-electron chi connectivity index (χ1n) is 3.80. The average Bonchev–Trinajstić information content (AvgIpc) is 2.68. The first-order chi connectivity index (χ1) is 5.62. The first kappa shape index (κ1) is 7.68. The van der Waals surface area contributed by atoms with Gasteiger partial charge in [0.25, 0.3) is 0 Å². The molecule has 1 fully saturated rings. The number of rotatable bonds is 1. The summed E-state index contributed by atoms with van der Waals surface area (Å²) >= 11 is 0. The van der Waals surface area contributed by atoms with Gasteiger partial charge < -0.3 is 5.11 Å². The molecule has 0 amide bonds. The molecule has 1 aliphatic carbocycles. The zero-order valence-corrected chi connectivity index (χ0v) is 6.35. The summed E-state index contributed by atoms with van der Waals surface area (Å²) in [5, 5.41) is 9.51. The fourth-order valence-electron chi connectivity index (χ4n) is 1.25. The summed E-state index contributed by atoms with van der Waals surface area (Å²) < 4.78 is 25.4. The maximum absolute atomic E-state index is 13.0. The molecule has 0 unspecified atom stereocenters. The number of halogens is 2. The van der Waals surface area contributed by atoms with Crippen LogP contribution in [0.5, 0.6) is 0 Å². The summed E-state index contributed by atoms with van der Waals surface area (Å²) in [5.74, 6) is -1.27. The van der Waals surface area contributed by atoms with Crippen molar-refractivity contribution in [3.63, 3.8) is 0 Å². The van der Waals surface area contributed by atoms with Gasteiger partial charge in [-0.25, -0.2) is 8.78 Å². The molecular weight excluding hydrogens is 162 g/mol. The van der Waals surface area contributed by atoms with E-state index < -0.39 is 17.2 Å². The number of hydrogen-bond donors (Lipinski definition) is 1. The van der Waals surface area contributed by atoms with Crippen LogP contribution < -0.4 is 0 Å². The Morgan fingerprint density at radius 2 is 1.92 bits per heavy atom. The zero-order chi connectivity index (χ0) is 8.77. The SMILES string of the molecule is OC1(c2ccc(F)cc2F)CC1. The topological polar surface area (TPSA) is 20.2 Å². The lowest BCUT2D eigenvalue weighted by atomic mass is 10.1. The van der Waals surface area contributed by atoms with Crippen LogP contribution in [0, 0.1) is 11.6 Å². The second-order valence-electron chi connectivity index (χ2n) is 3.16. The van der Waals surface area contributed by atoms with Crippen molar-refractivity contribution in [3.05, 3.63) is 35.4 Å². The monoisotopic (exact) mass is 170 g/mol. The van der Waals surface area contributed by atoms with E-state index in [9.17, 15) is 13.9 Å². The Morgan fingerprint density at radius 3 is 2.42 bits per heavy atom. The molecule has 0 aliphatic heterocycles. The Kier molecular flexibility index (Phi) is 1.45. The van der Waals surface area contributed by atoms with Gasteiger partial charge in [-0.3, -0.25) is 0 Å². The van der Waals surface area contributed by atoms with Gasteiger partial charge in [0.1, 0.15) is 11.6 Å². The standard InChI is InChI=1S/C9H8F2O/c10-6-1-2-7(8(11)5-6)9(12)3-4-9/h1-2,5,12H,3-4H2. The van der Waals surface area contributed by atoms with Crippen LogP contribution in [0.15, 0.2) is 18.2 Å². The van der Waals surface area contributed by atoms with Crippen LogP contribution in [0.4, 0.5) is 8.78 Å². The van der Waals surface area contributed by atoms with E-state index in [1.807, 2.05) is 0 Å². The lowest BCUT2D eigenvalue weighted by molar-refractivity contribution is 0.146. The van der Waals surface area contributed by atoms with Crippen LogP contribution in [0.1, 0.15) is 18.4 Å². The van der Waals surface area contributed by atoms with Crippen molar-refractivity contribution in [1.29, 1.82) is 0 Å². The van der Waals surface area contributed by atoms with Crippen molar-refractivity contribution in [2.45, 2.75) is 18.4 Å². The largest absolute Gasteiger partial charge is 0.385 e. The Bertz CT molecular complexity index is 318. The highest BCUT2D eigenvalue weighted by molar-refractivity contribution is 5.29. The quantitative estimate of drug-likeness (QED) is 0.682. The van der Waals surface area contributed by atoms with Gasteiger partial charge in [0.05, 0.1) is 5.60 Å². The Morgan fingerprint density at radius 1 is 1.25 bits per heavy atom. The Labute approximate surface area is 68.6 Å². The molecule has 0 atom stereocenters. The van der Waals surface area contributed by atoms with Gasteiger partial charge in [-0.2, -0.15) is 0 Å². The second-order valence-corrected chi connectivity index (χ2v) is 3.16. The minimum atomic E-state index is -1.02. The Balaban J connectivity index is 2.45. The smallest absolute Gasteiger partial charge is 0.132 e. The third kappa shape index (κ3) is 1.10. The molecule has 2 rings (SSSR count). The number of hydrogen-bond acceptors (Lipinski definition) is 1. The molecule has 3 heteroatoms. The molecule has 1 N–H and O–H groups in total. The summed E-state index contributed by atoms with van der Waals surface area (Å²) in [6.07, 6.45) is 1.13. The normalized spacial score (nSPS) is 19.2. The summed E-state index contributed by atoms with van der Waals surface area (Å²) in [5.41, 5.74) is -0.804. The molecule has 0 radical (unpaired) electrons. The predicted molar refractivity (Wildman–Crippen MR) is 39.5 cm³/mol. The molecule has 0 bridgehead atoms. The maximum Gasteiger partial charge on any atom is 0.132 e. The van der Waals surface area contributed by atoms with Crippen LogP contribution in [-0.4, -0.2) is 5.11 Å². The molecule has 1 aromatic carbocycles. The van der Waals surface area contributed by atoms with E-state index in [1.165, 1.54) is 6.07 Å². The molecular formula is C9H8F2O. The van der Waals surface area contributed by atoms with Gasteiger partial charge in [-0.1, -0.05) is 6.07 Å². The van der Waals surface area contributed by atoms with E-state index in [-0.39, 0.29) is 5.56 Å². The number of benzene rings is 1. The van der Waals surface area contributed by atoms with Crippen LogP contribution in [0.2, 0.25) is 0 Å². The minimum absolute atomic E-state index is 0.212. The average molecular weight is 170 g/mol. The molecule has 64 valence electrons. The summed E-state index contributed by atoms with van der Waals surface area (Å²) in [6.45, 7) is 0. The van der Waals surface area contributed by atoms with Gasteiger partial charge in [0, 0.05) is 11.6 Å². The summed E-state index contributed by atoms with van der Waals surface area (Å²) in [4.78, 5) is 0. The van der Waals surface area contributed by atoms with Crippen molar-refractivity contribution in [3.8, 4) is 0 Å². The van der Waals surface area contributed by atoms with Crippen LogP contribution in [-0.2, 0) is 5.60 Å². The summed E-state index contributed by atoms with van der Waals surface area (Å²) in [6, 6.07) is 3.26. The molecule has 12 heavy (non-hydrogen) atoms. The van der Waals surface area contributed by atoms with Crippen molar-refractivity contribution < 1.29 is 13.9 Å². The van der Waals surface area contributed by atoms with E-state index in [0.717, 1.165) is 12.1 Å². The first-order valence-corrected chi connectivity index (χ1v) is 3.80. The molecule has 0 spiro atoms. The maximum atomic E-state index is 13.0. The second kappa shape index (κ2) is 2.26. The van der Waals surface area contributed by atoms with Crippen LogP contribution in [0.25, 0.3) is 0 Å². The van der Waals surface area contributed by atoms with E-state index in [0.29, 0.717) is 12.8 Å². The third-order valence-corrected chi connectivity index (χ3v) is 2.16. The van der Waals surface area contributed by atoms with E-state index in [2.05, 4.69) is 0 Å².